The minimum Gasteiger partial charge on any atom is -0.480 e. The molecule has 7 nitrogen and oxygen atoms in total. The van der Waals surface area contributed by atoms with Gasteiger partial charge in [-0.15, -0.1) is 0 Å². The van der Waals surface area contributed by atoms with Gasteiger partial charge in [0.1, 0.15) is 6.04 Å². The molecule has 4 N–H and O–H groups in total. The molecule has 0 aromatic carbocycles. The average Bonchev–Trinajstić information content (AvgIpc) is 2.82. The third-order valence-electron chi connectivity index (χ3n) is 1.68. The number of carboxylic acid groups (broad SMARTS) is 1. The van der Waals surface area contributed by atoms with Crippen molar-refractivity contribution in [2.24, 2.45) is 0 Å². The lowest BCUT2D eigenvalue weighted by Gasteiger charge is -2.12. The largest absolute Gasteiger partial charge is 0.480 e. The zero-order valence-electron chi connectivity index (χ0n) is 7.30. The van der Waals surface area contributed by atoms with Crippen molar-refractivity contribution in [3.05, 3.63) is 0 Å². The Morgan fingerprint density at radius 3 is 2.43 bits per heavy atom. The fourth-order valence-electron chi connectivity index (χ4n) is 0.808. The van der Waals surface area contributed by atoms with E-state index >= 15 is 0 Å². The molecule has 1 fully saturated rings. The lowest BCUT2D eigenvalue weighted by molar-refractivity contribution is -0.139. The summed E-state index contributed by atoms with van der Waals surface area (Å²) >= 11 is 0. The molecule has 0 saturated heterocycles. The highest BCUT2D eigenvalue weighted by Gasteiger charge is 2.29. The Hall–Kier alpha value is -0.700. The maximum absolute atomic E-state index is 11.2. The summed E-state index contributed by atoms with van der Waals surface area (Å²) in [5.41, 5.74) is 0. The number of rotatable bonds is 6. The van der Waals surface area contributed by atoms with E-state index in [0.717, 1.165) is 12.8 Å². The topological polar surface area (TPSA) is 116 Å². The maximum Gasteiger partial charge on any atom is 0.324 e. The summed E-state index contributed by atoms with van der Waals surface area (Å²) in [5.74, 6) is -1.41. The molecular formula is C6H12N2O5S. The van der Waals surface area contributed by atoms with Crippen LogP contribution in [0.1, 0.15) is 12.8 Å². The highest BCUT2D eigenvalue weighted by Crippen LogP contribution is 2.19. The second-order valence-corrected chi connectivity index (χ2v) is 4.57. The van der Waals surface area contributed by atoms with Crippen LogP contribution in [0.5, 0.6) is 0 Å². The van der Waals surface area contributed by atoms with Crippen LogP contribution in [0.4, 0.5) is 0 Å². The van der Waals surface area contributed by atoms with Crippen LogP contribution in [-0.4, -0.2) is 43.3 Å². The van der Waals surface area contributed by atoms with Crippen molar-refractivity contribution < 1.29 is 23.4 Å². The van der Waals surface area contributed by atoms with E-state index in [-0.39, 0.29) is 6.04 Å². The molecule has 1 rings (SSSR count). The number of nitrogens with one attached hydrogen (secondary N) is 2. The van der Waals surface area contributed by atoms with Crippen molar-refractivity contribution >= 4 is 16.2 Å². The molecule has 1 atom stereocenters. The zero-order valence-corrected chi connectivity index (χ0v) is 8.12. The number of hydrogen-bond acceptors (Lipinski definition) is 4. The number of aliphatic hydroxyl groups excluding tert-OH is 1. The Kier molecular flexibility index (Phi) is 3.43. The smallest absolute Gasteiger partial charge is 0.324 e. The molecule has 1 saturated carbocycles. The number of aliphatic hydroxyl groups is 1. The molecule has 0 heterocycles. The van der Waals surface area contributed by atoms with E-state index in [9.17, 15) is 13.2 Å². The fourth-order valence-corrected chi connectivity index (χ4v) is 2.10. The first-order chi connectivity index (χ1) is 6.44. The summed E-state index contributed by atoms with van der Waals surface area (Å²) in [7, 11) is -3.82. The van der Waals surface area contributed by atoms with E-state index in [2.05, 4.69) is 4.72 Å². The minimum absolute atomic E-state index is 0.0966. The normalized spacial score (nSPS) is 19.2. The molecule has 0 spiro atoms. The van der Waals surface area contributed by atoms with E-state index in [4.69, 9.17) is 10.2 Å². The first-order valence-corrected chi connectivity index (χ1v) is 5.56. The highest BCUT2D eigenvalue weighted by molar-refractivity contribution is 7.87. The Bertz CT molecular complexity index is 310. The van der Waals surface area contributed by atoms with Crippen LogP contribution < -0.4 is 9.44 Å². The molecule has 0 bridgehead atoms. The summed E-state index contributed by atoms with van der Waals surface area (Å²) in [6.45, 7) is -0.777. The van der Waals surface area contributed by atoms with Crippen molar-refractivity contribution in [3.63, 3.8) is 0 Å². The van der Waals surface area contributed by atoms with E-state index in [1.165, 1.54) is 0 Å². The molecular weight excluding hydrogens is 212 g/mol. The van der Waals surface area contributed by atoms with E-state index < -0.39 is 28.8 Å². The zero-order chi connectivity index (χ0) is 10.8. The van der Waals surface area contributed by atoms with Gasteiger partial charge < -0.3 is 10.2 Å². The fraction of sp³-hybridized carbons (Fsp3) is 0.833. The second-order valence-electron chi connectivity index (χ2n) is 3.09. The van der Waals surface area contributed by atoms with Crippen LogP contribution in [0.2, 0.25) is 0 Å². The van der Waals surface area contributed by atoms with Gasteiger partial charge in [-0.1, -0.05) is 0 Å². The maximum atomic E-state index is 11.2. The lowest BCUT2D eigenvalue weighted by atomic mass is 10.3. The molecule has 0 radical (unpaired) electrons. The number of hydrogen-bond donors (Lipinski definition) is 4. The van der Waals surface area contributed by atoms with Gasteiger partial charge in [0.05, 0.1) is 6.61 Å². The summed E-state index contributed by atoms with van der Waals surface area (Å²) < 4.78 is 26.4. The molecule has 8 heteroatoms. The third-order valence-corrected chi connectivity index (χ3v) is 2.92. The molecule has 14 heavy (non-hydrogen) atoms. The van der Waals surface area contributed by atoms with Gasteiger partial charge >= 0.3 is 5.97 Å². The number of carboxylic acids is 1. The Morgan fingerprint density at radius 1 is 1.50 bits per heavy atom. The number of carbonyl (C=O) groups is 1. The Labute approximate surface area is 81.3 Å². The third kappa shape index (κ3) is 3.58. The first-order valence-electron chi connectivity index (χ1n) is 4.08. The van der Waals surface area contributed by atoms with Gasteiger partial charge in [-0.2, -0.15) is 17.9 Å². The monoisotopic (exact) mass is 224 g/mol. The van der Waals surface area contributed by atoms with Crippen molar-refractivity contribution in [1.82, 2.24) is 9.44 Å². The van der Waals surface area contributed by atoms with Crippen LogP contribution in [0.15, 0.2) is 0 Å². The van der Waals surface area contributed by atoms with Crippen LogP contribution >= 0.6 is 0 Å². The molecule has 0 aromatic heterocycles. The van der Waals surface area contributed by atoms with E-state index in [1.807, 2.05) is 4.72 Å². The molecule has 82 valence electrons. The molecule has 1 aliphatic rings. The van der Waals surface area contributed by atoms with Gasteiger partial charge in [-0.05, 0) is 12.8 Å². The minimum atomic E-state index is -3.82. The summed E-state index contributed by atoms with van der Waals surface area (Å²) in [6.07, 6.45) is 1.52. The van der Waals surface area contributed by atoms with Crippen molar-refractivity contribution in [3.8, 4) is 0 Å². The van der Waals surface area contributed by atoms with E-state index in [0.29, 0.717) is 0 Å². The predicted molar refractivity (Wildman–Crippen MR) is 46.7 cm³/mol. The molecule has 0 amide bonds. The van der Waals surface area contributed by atoms with E-state index in [1.54, 1.807) is 0 Å². The highest BCUT2D eigenvalue weighted by atomic mass is 32.2. The SMILES string of the molecule is O=C(O)[C@H](CO)NS(=O)(=O)NC1CC1. The standard InChI is InChI=1S/C6H12N2O5S/c9-3-5(6(10)11)8-14(12,13)7-4-1-2-4/h4-5,7-9H,1-3H2,(H,10,11)/t5-/m0/s1. The summed E-state index contributed by atoms with van der Waals surface area (Å²) in [6, 6.07) is -1.59. The van der Waals surface area contributed by atoms with Crippen LogP contribution in [0.25, 0.3) is 0 Å². The van der Waals surface area contributed by atoms with Gasteiger partial charge in [0, 0.05) is 6.04 Å². The molecule has 0 aromatic rings. The lowest BCUT2D eigenvalue weighted by Crippen LogP contribution is -2.48. The van der Waals surface area contributed by atoms with Crippen molar-refractivity contribution in [1.29, 1.82) is 0 Å². The second kappa shape index (κ2) is 4.22. The van der Waals surface area contributed by atoms with Gasteiger partial charge in [0.25, 0.3) is 10.2 Å². The quantitative estimate of drug-likeness (QED) is 0.417. The van der Waals surface area contributed by atoms with Crippen molar-refractivity contribution in [2.45, 2.75) is 24.9 Å². The number of aliphatic carboxylic acids is 1. The van der Waals surface area contributed by atoms with Gasteiger partial charge in [-0.25, -0.2) is 0 Å². The van der Waals surface area contributed by atoms with Gasteiger partial charge in [0.2, 0.25) is 0 Å². The molecule has 1 aliphatic carbocycles. The van der Waals surface area contributed by atoms with Gasteiger partial charge in [-0.3, -0.25) is 4.79 Å². The van der Waals surface area contributed by atoms with Crippen LogP contribution in [-0.2, 0) is 15.0 Å². The Balaban J connectivity index is 2.50. The van der Waals surface area contributed by atoms with Crippen molar-refractivity contribution in [2.75, 3.05) is 6.61 Å². The van der Waals surface area contributed by atoms with Crippen LogP contribution in [0, 0.1) is 0 Å². The molecule has 0 aliphatic heterocycles. The average molecular weight is 224 g/mol. The summed E-state index contributed by atoms with van der Waals surface area (Å²) in [5, 5.41) is 17.0. The predicted octanol–water partition coefficient (Wildman–Crippen LogP) is -1.98. The molecule has 0 unspecified atom stereocenters. The first kappa shape index (κ1) is 11.4. The van der Waals surface area contributed by atoms with Crippen LogP contribution in [0.3, 0.4) is 0 Å². The van der Waals surface area contributed by atoms with Gasteiger partial charge in [0.15, 0.2) is 0 Å². The summed E-state index contributed by atoms with van der Waals surface area (Å²) in [4.78, 5) is 10.4. The Morgan fingerprint density at radius 2 is 2.07 bits per heavy atom.